The van der Waals surface area contributed by atoms with E-state index in [4.69, 9.17) is 5.11 Å². The van der Waals surface area contributed by atoms with E-state index in [1.54, 1.807) is 6.20 Å². The van der Waals surface area contributed by atoms with Gasteiger partial charge in [-0.3, -0.25) is 4.98 Å². The monoisotopic (exact) mass is 338 g/mol. The largest absolute Gasteiger partial charge is 0.478 e. The number of aromatic carboxylic acids is 1. The average Bonchev–Trinajstić information content (AvgIpc) is 2.42. The van der Waals surface area contributed by atoms with Gasteiger partial charge in [0, 0.05) is 18.4 Å². The fourth-order valence-electron chi connectivity index (χ4n) is 1.65. The molecular weight excluding hydrogens is 327 g/mol. The quantitative estimate of drug-likeness (QED) is 0.893. The molecule has 1 aromatic heterocycles. The number of hydrogen-bond acceptors (Lipinski definition) is 3. The second kappa shape index (κ2) is 6.00. The van der Waals surface area contributed by atoms with Crippen LogP contribution in [0, 0.1) is 12.7 Å². The fraction of sp³-hybridized carbons (Fsp3) is 0.143. The molecule has 4 nitrogen and oxygen atoms in total. The number of pyridine rings is 1. The lowest BCUT2D eigenvalue weighted by Gasteiger charge is -2.10. The molecule has 0 saturated heterocycles. The van der Waals surface area contributed by atoms with Crippen LogP contribution >= 0.6 is 15.9 Å². The van der Waals surface area contributed by atoms with Gasteiger partial charge in [-0.2, -0.15) is 0 Å². The number of rotatable bonds is 4. The molecule has 0 saturated carbocycles. The van der Waals surface area contributed by atoms with Crippen LogP contribution in [-0.4, -0.2) is 16.1 Å². The van der Waals surface area contributed by atoms with Crippen LogP contribution in [0.5, 0.6) is 0 Å². The molecule has 0 aliphatic heterocycles. The summed E-state index contributed by atoms with van der Waals surface area (Å²) in [5.41, 5.74) is 1.95. The lowest BCUT2D eigenvalue weighted by atomic mass is 10.2. The Hall–Kier alpha value is -1.95. The van der Waals surface area contributed by atoms with Crippen molar-refractivity contribution < 1.29 is 14.3 Å². The van der Waals surface area contributed by atoms with Crippen molar-refractivity contribution in [2.75, 3.05) is 5.32 Å². The maximum absolute atomic E-state index is 14.0. The van der Waals surface area contributed by atoms with Gasteiger partial charge in [0.25, 0.3) is 0 Å². The molecule has 2 rings (SSSR count). The van der Waals surface area contributed by atoms with E-state index in [-0.39, 0.29) is 15.7 Å². The minimum atomic E-state index is -1.18. The summed E-state index contributed by atoms with van der Waals surface area (Å²) in [4.78, 5) is 15.0. The van der Waals surface area contributed by atoms with Gasteiger partial charge in [0.15, 0.2) is 5.82 Å². The van der Waals surface area contributed by atoms with Crippen molar-refractivity contribution in [3.63, 3.8) is 0 Å². The number of aromatic nitrogens is 1. The van der Waals surface area contributed by atoms with Crippen molar-refractivity contribution in [1.29, 1.82) is 0 Å². The summed E-state index contributed by atoms with van der Waals surface area (Å²) in [6, 6.07) is 6.53. The molecule has 0 fully saturated rings. The highest BCUT2D eigenvalue weighted by atomic mass is 79.9. The number of carbonyl (C=O) groups is 1. The minimum Gasteiger partial charge on any atom is -0.478 e. The summed E-state index contributed by atoms with van der Waals surface area (Å²) in [5.74, 6) is -1.80. The van der Waals surface area contributed by atoms with E-state index in [0.717, 1.165) is 11.3 Å². The molecule has 1 aromatic carbocycles. The van der Waals surface area contributed by atoms with Crippen molar-refractivity contribution >= 4 is 27.6 Å². The highest BCUT2D eigenvalue weighted by Crippen LogP contribution is 2.27. The first kappa shape index (κ1) is 14.5. The Morgan fingerprint density at radius 2 is 2.15 bits per heavy atom. The molecule has 0 aliphatic carbocycles. The molecule has 0 atom stereocenters. The second-order valence-electron chi connectivity index (χ2n) is 4.26. The third-order valence-corrected chi connectivity index (χ3v) is 3.54. The fourth-order valence-corrected chi connectivity index (χ4v) is 2.17. The number of nitrogens with one attached hydrogen (secondary N) is 1. The summed E-state index contributed by atoms with van der Waals surface area (Å²) in [5, 5.41) is 11.8. The van der Waals surface area contributed by atoms with Gasteiger partial charge in [0.1, 0.15) is 0 Å². The van der Waals surface area contributed by atoms with Crippen molar-refractivity contribution in [1.82, 2.24) is 4.98 Å². The first-order chi connectivity index (χ1) is 9.49. The van der Waals surface area contributed by atoms with E-state index in [0.29, 0.717) is 6.54 Å². The van der Waals surface area contributed by atoms with Crippen LogP contribution in [0.1, 0.15) is 21.6 Å². The highest BCUT2D eigenvalue weighted by molar-refractivity contribution is 9.10. The topological polar surface area (TPSA) is 62.2 Å². The molecule has 1 heterocycles. The maximum Gasteiger partial charge on any atom is 0.336 e. The van der Waals surface area contributed by atoms with Crippen LogP contribution in [0.2, 0.25) is 0 Å². The predicted octanol–water partition coefficient (Wildman–Crippen LogP) is 3.60. The SMILES string of the molecule is Cc1ccc(CNc2ccc(C(=O)O)c(Br)c2F)cn1. The van der Waals surface area contributed by atoms with Gasteiger partial charge in [-0.1, -0.05) is 6.07 Å². The normalized spacial score (nSPS) is 10.3. The van der Waals surface area contributed by atoms with Gasteiger partial charge in [-0.25, -0.2) is 9.18 Å². The third kappa shape index (κ3) is 3.14. The molecular formula is C14H12BrFN2O2. The Balaban J connectivity index is 2.16. The zero-order chi connectivity index (χ0) is 14.7. The molecule has 6 heteroatoms. The number of nitrogens with zero attached hydrogens (tertiary/aromatic N) is 1. The Morgan fingerprint density at radius 3 is 2.75 bits per heavy atom. The number of halogens is 2. The molecule has 2 N–H and O–H groups in total. The molecule has 2 aromatic rings. The van der Waals surface area contributed by atoms with Crippen molar-refractivity contribution in [2.45, 2.75) is 13.5 Å². The van der Waals surface area contributed by atoms with Gasteiger partial charge in [0.05, 0.1) is 15.7 Å². The zero-order valence-corrected chi connectivity index (χ0v) is 12.2. The van der Waals surface area contributed by atoms with E-state index < -0.39 is 11.8 Å². The first-order valence-electron chi connectivity index (χ1n) is 5.85. The predicted molar refractivity (Wildman–Crippen MR) is 77.4 cm³/mol. The van der Waals surface area contributed by atoms with Gasteiger partial charge in [-0.05, 0) is 46.6 Å². The number of carboxylic acid groups (broad SMARTS) is 1. The smallest absolute Gasteiger partial charge is 0.336 e. The molecule has 0 spiro atoms. The van der Waals surface area contributed by atoms with Crippen molar-refractivity contribution in [2.24, 2.45) is 0 Å². The maximum atomic E-state index is 14.0. The van der Waals surface area contributed by atoms with Crippen LogP contribution in [0.3, 0.4) is 0 Å². The van der Waals surface area contributed by atoms with Crippen LogP contribution in [0.4, 0.5) is 10.1 Å². The average molecular weight is 339 g/mol. The Labute approximate surface area is 123 Å². The van der Waals surface area contributed by atoms with E-state index in [1.807, 2.05) is 19.1 Å². The number of carboxylic acids is 1. The zero-order valence-electron chi connectivity index (χ0n) is 10.7. The molecule has 104 valence electrons. The summed E-state index contributed by atoms with van der Waals surface area (Å²) < 4.78 is 13.9. The molecule has 0 amide bonds. The third-order valence-electron chi connectivity index (χ3n) is 2.77. The van der Waals surface area contributed by atoms with Crippen LogP contribution in [0.15, 0.2) is 34.9 Å². The van der Waals surface area contributed by atoms with Crippen molar-refractivity contribution in [3.8, 4) is 0 Å². The van der Waals surface area contributed by atoms with Gasteiger partial charge >= 0.3 is 5.97 Å². The van der Waals surface area contributed by atoms with Crippen LogP contribution < -0.4 is 5.32 Å². The lowest BCUT2D eigenvalue weighted by molar-refractivity contribution is 0.0695. The van der Waals surface area contributed by atoms with Crippen LogP contribution in [0.25, 0.3) is 0 Å². The standard InChI is InChI=1S/C14H12BrFN2O2/c1-8-2-3-9(6-17-8)7-18-11-5-4-10(14(19)20)12(15)13(11)16/h2-6,18H,7H2,1H3,(H,19,20). The van der Waals surface area contributed by atoms with E-state index in [2.05, 4.69) is 26.2 Å². The first-order valence-corrected chi connectivity index (χ1v) is 6.65. The van der Waals surface area contributed by atoms with E-state index >= 15 is 0 Å². The van der Waals surface area contributed by atoms with Gasteiger partial charge in [0.2, 0.25) is 0 Å². The number of hydrogen-bond donors (Lipinski definition) is 2. The summed E-state index contributed by atoms with van der Waals surface area (Å²) in [6.45, 7) is 2.29. The summed E-state index contributed by atoms with van der Waals surface area (Å²) >= 11 is 2.96. The number of benzene rings is 1. The molecule has 0 aliphatic rings. The number of aryl methyl sites for hydroxylation is 1. The molecule has 0 unspecified atom stereocenters. The minimum absolute atomic E-state index is 0.0583. The van der Waals surface area contributed by atoms with Gasteiger partial charge in [-0.15, -0.1) is 0 Å². The van der Waals surface area contributed by atoms with Crippen molar-refractivity contribution in [3.05, 3.63) is 57.6 Å². The molecule has 0 bridgehead atoms. The lowest BCUT2D eigenvalue weighted by Crippen LogP contribution is -2.05. The van der Waals surface area contributed by atoms with E-state index in [1.165, 1.54) is 12.1 Å². The summed E-state index contributed by atoms with van der Waals surface area (Å²) in [6.07, 6.45) is 1.71. The molecule has 0 radical (unpaired) electrons. The second-order valence-corrected chi connectivity index (χ2v) is 5.05. The number of anilines is 1. The highest BCUT2D eigenvalue weighted by Gasteiger charge is 2.15. The van der Waals surface area contributed by atoms with Crippen LogP contribution in [-0.2, 0) is 6.54 Å². The molecule has 20 heavy (non-hydrogen) atoms. The summed E-state index contributed by atoms with van der Waals surface area (Å²) in [7, 11) is 0. The van der Waals surface area contributed by atoms with Gasteiger partial charge < -0.3 is 10.4 Å². The Morgan fingerprint density at radius 1 is 1.40 bits per heavy atom. The van der Waals surface area contributed by atoms with E-state index in [9.17, 15) is 9.18 Å². The Kier molecular flexibility index (Phi) is 4.34. The Bertz CT molecular complexity index is 644.